The molecule has 0 unspecified atom stereocenters. The third-order valence-electron chi connectivity index (χ3n) is 3.56. The number of benzene rings is 1. The molecule has 3 nitrogen and oxygen atoms in total. The summed E-state index contributed by atoms with van der Waals surface area (Å²) in [6.45, 7) is 5.96. The smallest absolute Gasteiger partial charge is 0.256 e. The van der Waals surface area contributed by atoms with Crippen molar-refractivity contribution in [1.82, 2.24) is 4.98 Å². The first-order valence-electron chi connectivity index (χ1n) is 6.45. The SMILES string of the molecule is Cc1cc(C)c(/C=C2\C(=O)Nc3cc(Cl)c(C)cc32)[nH]1. The van der Waals surface area contributed by atoms with Crippen molar-refractivity contribution in [3.63, 3.8) is 0 Å². The van der Waals surface area contributed by atoms with Crippen LogP contribution in [0.4, 0.5) is 5.69 Å². The van der Waals surface area contributed by atoms with Gasteiger partial charge in [0.2, 0.25) is 0 Å². The number of anilines is 1. The van der Waals surface area contributed by atoms with Crippen molar-refractivity contribution in [1.29, 1.82) is 0 Å². The van der Waals surface area contributed by atoms with Crippen molar-refractivity contribution in [2.45, 2.75) is 20.8 Å². The molecule has 0 atom stereocenters. The number of hydrogen-bond donors (Lipinski definition) is 2. The van der Waals surface area contributed by atoms with Gasteiger partial charge in [0.15, 0.2) is 0 Å². The molecule has 0 saturated heterocycles. The standard InChI is InChI=1S/C16H15ClN2O/c1-8-5-11-12(6-14-9(2)4-10(3)18-14)16(20)19-15(11)7-13(8)17/h4-7,18H,1-3H3,(H,19,20)/b12-6-. The first-order chi connectivity index (χ1) is 9.45. The summed E-state index contributed by atoms with van der Waals surface area (Å²) < 4.78 is 0. The molecule has 4 heteroatoms. The molecule has 3 rings (SSSR count). The molecule has 1 aliphatic heterocycles. The fourth-order valence-electron chi connectivity index (χ4n) is 2.51. The van der Waals surface area contributed by atoms with Crippen LogP contribution in [0.5, 0.6) is 0 Å². The summed E-state index contributed by atoms with van der Waals surface area (Å²) in [5, 5.41) is 3.52. The Balaban J connectivity index is 2.15. The average Bonchev–Trinajstić information content (AvgIpc) is 2.83. The highest BCUT2D eigenvalue weighted by atomic mass is 35.5. The topological polar surface area (TPSA) is 44.9 Å². The Hall–Kier alpha value is -2.00. The predicted octanol–water partition coefficient (Wildman–Crippen LogP) is 4.09. The molecule has 0 saturated carbocycles. The van der Waals surface area contributed by atoms with E-state index in [0.717, 1.165) is 33.8 Å². The molecule has 1 aromatic carbocycles. The summed E-state index contributed by atoms with van der Waals surface area (Å²) in [4.78, 5) is 15.4. The maximum Gasteiger partial charge on any atom is 0.256 e. The second-order valence-corrected chi connectivity index (χ2v) is 5.62. The number of aromatic nitrogens is 1. The first kappa shape index (κ1) is 13.0. The summed E-state index contributed by atoms with van der Waals surface area (Å²) in [7, 11) is 0. The second kappa shape index (κ2) is 4.53. The van der Waals surface area contributed by atoms with Gasteiger partial charge in [0, 0.05) is 22.0 Å². The third kappa shape index (κ3) is 2.04. The molecule has 2 N–H and O–H groups in total. The van der Waals surface area contributed by atoms with Crippen LogP contribution in [-0.2, 0) is 4.79 Å². The van der Waals surface area contributed by atoms with E-state index in [2.05, 4.69) is 16.4 Å². The van der Waals surface area contributed by atoms with Crippen LogP contribution in [0.2, 0.25) is 5.02 Å². The maximum atomic E-state index is 12.1. The Kier molecular flexibility index (Phi) is 2.94. The molecule has 0 aliphatic carbocycles. The quantitative estimate of drug-likeness (QED) is 0.762. The fraction of sp³-hybridized carbons (Fsp3) is 0.188. The minimum atomic E-state index is -0.0895. The van der Waals surface area contributed by atoms with Gasteiger partial charge in [-0.1, -0.05) is 11.6 Å². The summed E-state index contributed by atoms with van der Waals surface area (Å²) in [5.74, 6) is -0.0895. The van der Waals surface area contributed by atoms with Gasteiger partial charge in [-0.25, -0.2) is 0 Å². The van der Waals surface area contributed by atoms with Gasteiger partial charge in [-0.3, -0.25) is 4.79 Å². The lowest BCUT2D eigenvalue weighted by atomic mass is 10.0. The average molecular weight is 287 g/mol. The van der Waals surface area contributed by atoms with E-state index < -0.39 is 0 Å². The van der Waals surface area contributed by atoms with Crippen LogP contribution in [0.15, 0.2) is 18.2 Å². The van der Waals surface area contributed by atoms with E-state index in [4.69, 9.17) is 11.6 Å². The molecule has 1 amide bonds. The molecular formula is C16H15ClN2O. The number of carbonyl (C=O) groups is 1. The van der Waals surface area contributed by atoms with Gasteiger partial charge in [-0.15, -0.1) is 0 Å². The van der Waals surface area contributed by atoms with E-state index in [1.807, 2.05) is 32.9 Å². The number of nitrogens with one attached hydrogen (secondary N) is 2. The number of H-pyrrole nitrogens is 1. The number of halogens is 1. The molecule has 2 heterocycles. The summed E-state index contributed by atoms with van der Waals surface area (Å²) >= 11 is 6.10. The van der Waals surface area contributed by atoms with Crippen LogP contribution < -0.4 is 5.32 Å². The Morgan fingerprint density at radius 3 is 2.50 bits per heavy atom. The van der Waals surface area contributed by atoms with E-state index in [1.54, 1.807) is 6.07 Å². The van der Waals surface area contributed by atoms with Crippen molar-refractivity contribution in [3.8, 4) is 0 Å². The van der Waals surface area contributed by atoms with Gasteiger partial charge in [-0.2, -0.15) is 0 Å². The van der Waals surface area contributed by atoms with Crippen molar-refractivity contribution in [3.05, 3.63) is 51.3 Å². The first-order valence-corrected chi connectivity index (χ1v) is 6.83. The minimum absolute atomic E-state index is 0.0895. The van der Waals surface area contributed by atoms with Gasteiger partial charge in [0.05, 0.1) is 11.3 Å². The lowest BCUT2D eigenvalue weighted by Gasteiger charge is -2.03. The van der Waals surface area contributed by atoms with Gasteiger partial charge < -0.3 is 10.3 Å². The second-order valence-electron chi connectivity index (χ2n) is 5.21. The van der Waals surface area contributed by atoms with Gasteiger partial charge in [0.1, 0.15) is 0 Å². The summed E-state index contributed by atoms with van der Waals surface area (Å²) in [6.07, 6.45) is 1.90. The largest absolute Gasteiger partial charge is 0.359 e. The maximum absolute atomic E-state index is 12.1. The summed E-state index contributed by atoms with van der Waals surface area (Å²) in [6, 6.07) is 5.82. The normalized spacial score (nSPS) is 15.6. The molecule has 1 aliphatic rings. The molecule has 20 heavy (non-hydrogen) atoms. The van der Waals surface area contributed by atoms with E-state index >= 15 is 0 Å². The molecule has 0 fully saturated rings. The zero-order valence-corrected chi connectivity index (χ0v) is 12.4. The Morgan fingerprint density at radius 1 is 1.10 bits per heavy atom. The molecular weight excluding hydrogens is 272 g/mol. The zero-order chi connectivity index (χ0) is 14.4. The van der Waals surface area contributed by atoms with Gasteiger partial charge in [-0.05, 0) is 56.2 Å². The van der Waals surface area contributed by atoms with Crippen LogP contribution in [0.25, 0.3) is 11.6 Å². The van der Waals surface area contributed by atoms with Crippen molar-refractivity contribution in [2.75, 3.05) is 5.32 Å². The number of carbonyl (C=O) groups excluding carboxylic acids is 1. The number of amides is 1. The molecule has 0 spiro atoms. The fourth-order valence-corrected chi connectivity index (χ4v) is 2.67. The number of rotatable bonds is 1. The Bertz CT molecular complexity index is 756. The van der Waals surface area contributed by atoms with Gasteiger partial charge >= 0.3 is 0 Å². The van der Waals surface area contributed by atoms with Crippen LogP contribution in [0, 0.1) is 20.8 Å². The lowest BCUT2D eigenvalue weighted by molar-refractivity contribution is -0.110. The Morgan fingerprint density at radius 2 is 1.85 bits per heavy atom. The van der Waals surface area contributed by atoms with Crippen molar-refractivity contribution in [2.24, 2.45) is 0 Å². The van der Waals surface area contributed by atoms with E-state index in [0.29, 0.717) is 10.6 Å². The van der Waals surface area contributed by atoms with Crippen molar-refractivity contribution < 1.29 is 4.79 Å². The molecule has 0 radical (unpaired) electrons. The van der Waals surface area contributed by atoms with Crippen LogP contribution in [0.1, 0.15) is 28.1 Å². The third-order valence-corrected chi connectivity index (χ3v) is 3.97. The highest BCUT2D eigenvalue weighted by Crippen LogP contribution is 2.36. The monoisotopic (exact) mass is 286 g/mol. The number of hydrogen-bond acceptors (Lipinski definition) is 1. The molecule has 102 valence electrons. The zero-order valence-electron chi connectivity index (χ0n) is 11.6. The molecule has 2 aromatic rings. The van der Waals surface area contributed by atoms with Crippen LogP contribution in [-0.4, -0.2) is 10.9 Å². The lowest BCUT2D eigenvalue weighted by Crippen LogP contribution is -2.03. The van der Waals surface area contributed by atoms with E-state index in [1.165, 1.54) is 0 Å². The minimum Gasteiger partial charge on any atom is -0.359 e. The van der Waals surface area contributed by atoms with E-state index in [-0.39, 0.29) is 5.91 Å². The van der Waals surface area contributed by atoms with Crippen LogP contribution in [0.3, 0.4) is 0 Å². The Labute approximate surface area is 122 Å². The molecule has 1 aromatic heterocycles. The van der Waals surface area contributed by atoms with Crippen LogP contribution >= 0.6 is 11.6 Å². The predicted molar refractivity (Wildman–Crippen MR) is 83.0 cm³/mol. The van der Waals surface area contributed by atoms with Gasteiger partial charge in [0.25, 0.3) is 5.91 Å². The molecule has 0 bridgehead atoms. The highest BCUT2D eigenvalue weighted by Gasteiger charge is 2.25. The number of aryl methyl sites for hydroxylation is 3. The van der Waals surface area contributed by atoms with E-state index in [9.17, 15) is 4.79 Å². The van der Waals surface area contributed by atoms with Crippen molar-refractivity contribution >= 4 is 34.8 Å². The summed E-state index contributed by atoms with van der Waals surface area (Å²) in [5.41, 5.74) is 6.49. The number of fused-ring (bicyclic) bond motifs is 1. The highest BCUT2D eigenvalue weighted by molar-refractivity contribution is 6.37. The number of aromatic amines is 1.